The number of hydrogen-bond acceptors (Lipinski definition) is 3. The maximum atomic E-state index is 12.3. The van der Waals surface area contributed by atoms with Gasteiger partial charge < -0.3 is 15.0 Å². The molecule has 1 atom stereocenters. The molecule has 0 spiro atoms. The number of hydrogen-bond donors (Lipinski definition) is 1. The number of carbonyl (C=O) groups is 2. The molecule has 17 heavy (non-hydrogen) atoms. The normalized spacial score (nSPS) is 24.5. The van der Waals surface area contributed by atoms with Crippen LogP contribution in [0.2, 0.25) is 0 Å². The molecule has 0 aliphatic carbocycles. The average Bonchev–Trinajstić information content (AvgIpc) is 2.27. The van der Waals surface area contributed by atoms with Crippen molar-refractivity contribution in [3.63, 3.8) is 0 Å². The van der Waals surface area contributed by atoms with Gasteiger partial charge in [-0.3, -0.25) is 9.59 Å². The minimum absolute atomic E-state index is 0.0213. The van der Waals surface area contributed by atoms with E-state index in [4.69, 9.17) is 4.74 Å². The summed E-state index contributed by atoms with van der Waals surface area (Å²) in [6, 6.07) is -0.0545. The Labute approximate surface area is 102 Å². The van der Waals surface area contributed by atoms with Crippen LogP contribution in [0.25, 0.3) is 0 Å². The molecule has 0 aromatic heterocycles. The molecule has 0 aromatic carbocycles. The Hall–Kier alpha value is -1.10. The van der Waals surface area contributed by atoms with Gasteiger partial charge in [0.2, 0.25) is 11.8 Å². The quantitative estimate of drug-likeness (QED) is 0.732. The molecule has 0 saturated carbocycles. The van der Waals surface area contributed by atoms with E-state index >= 15 is 0 Å². The van der Waals surface area contributed by atoms with Gasteiger partial charge in [-0.15, -0.1) is 0 Å². The lowest BCUT2D eigenvalue weighted by molar-refractivity contribution is -0.138. The molecule has 1 aliphatic heterocycles. The van der Waals surface area contributed by atoms with E-state index in [1.807, 2.05) is 6.92 Å². The van der Waals surface area contributed by atoms with Crippen LogP contribution >= 0.6 is 0 Å². The molecule has 0 radical (unpaired) electrons. The molecule has 0 bridgehead atoms. The molecule has 1 N–H and O–H groups in total. The van der Waals surface area contributed by atoms with Gasteiger partial charge in [-0.25, -0.2) is 0 Å². The molecule has 1 unspecified atom stereocenters. The van der Waals surface area contributed by atoms with E-state index in [0.29, 0.717) is 19.6 Å². The van der Waals surface area contributed by atoms with Crippen LogP contribution in [-0.2, 0) is 14.3 Å². The number of nitrogens with zero attached hydrogens (tertiary/aromatic N) is 1. The van der Waals surface area contributed by atoms with E-state index in [9.17, 15) is 9.59 Å². The van der Waals surface area contributed by atoms with Crippen LogP contribution in [0.1, 0.15) is 33.6 Å². The molecule has 5 heteroatoms. The fourth-order valence-electron chi connectivity index (χ4n) is 2.09. The van der Waals surface area contributed by atoms with Gasteiger partial charge >= 0.3 is 0 Å². The lowest BCUT2D eigenvalue weighted by Gasteiger charge is -2.32. The smallest absolute Gasteiger partial charge is 0.247 e. The van der Waals surface area contributed by atoms with Crippen molar-refractivity contribution in [1.29, 1.82) is 0 Å². The van der Waals surface area contributed by atoms with Gasteiger partial charge in [-0.1, -0.05) is 0 Å². The highest BCUT2D eigenvalue weighted by Crippen LogP contribution is 2.18. The minimum atomic E-state index is -0.811. The Morgan fingerprint density at radius 3 is 2.71 bits per heavy atom. The van der Waals surface area contributed by atoms with E-state index < -0.39 is 5.54 Å². The second-order valence-electron chi connectivity index (χ2n) is 5.07. The summed E-state index contributed by atoms with van der Waals surface area (Å²) in [7, 11) is 1.64. The lowest BCUT2D eigenvalue weighted by atomic mass is 10.0. The van der Waals surface area contributed by atoms with Gasteiger partial charge in [0.1, 0.15) is 5.54 Å². The third kappa shape index (κ3) is 3.43. The number of rotatable bonds is 4. The summed E-state index contributed by atoms with van der Waals surface area (Å²) in [5, 5.41) is 2.76. The second-order valence-corrected chi connectivity index (χ2v) is 5.07. The fourth-order valence-corrected chi connectivity index (χ4v) is 2.09. The predicted octanol–water partition coefficient (Wildman–Crippen LogP) is 0.538. The van der Waals surface area contributed by atoms with Crippen molar-refractivity contribution >= 4 is 11.8 Å². The number of ether oxygens (including phenoxy) is 1. The largest absolute Gasteiger partial charge is 0.385 e. The zero-order valence-electron chi connectivity index (χ0n) is 11.1. The lowest BCUT2D eigenvalue weighted by Crippen LogP contribution is -2.53. The van der Waals surface area contributed by atoms with Crippen molar-refractivity contribution in [2.24, 2.45) is 0 Å². The molecule has 1 saturated heterocycles. The van der Waals surface area contributed by atoms with E-state index in [1.54, 1.807) is 25.9 Å². The minimum Gasteiger partial charge on any atom is -0.385 e. The van der Waals surface area contributed by atoms with E-state index in [1.165, 1.54) is 0 Å². The van der Waals surface area contributed by atoms with Crippen molar-refractivity contribution in [3.8, 4) is 0 Å². The molecule has 1 rings (SSSR count). The third-order valence-corrected chi connectivity index (χ3v) is 3.01. The van der Waals surface area contributed by atoms with Crippen molar-refractivity contribution in [3.05, 3.63) is 0 Å². The van der Waals surface area contributed by atoms with Crippen LogP contribution < -0.4 is 5.32 Å². The first-order valence-corrected chi connectivity index (χ1v) is 5.99. The Bertz CT molecular complexity index is 302. The summed E-state index contributed by atoms with van der Waals surface area (Å²) >= 11 is 0. The molecule has 2 amide bonds. The predicted molar refractivity (Wildman–Crippen MR) is 64.5 cm³/mol. The summed E-state index contributed by atoms with van der Waals surface area (Å²) < 4.78 is 4.99. The van der Waals surface area contributed by atoms with E-state index in [-0.39, 0.29) is 17.9 Å². The SMILES string of the molecule is COCCCN1C(=O)C(C)(C)NC(=O)CC1C. The Kier molecular flexibility index (Phi) is 4.51. The molecular weight excluding hydrogens is 220 g/mol. The van der Waals surface area contributed by atoms with Gasteiger partial charge in [0.25, 0.3) is 0 Å². The van der Waals surface area contributed by atoms with Crippen molar-refractivity contribution < 1.29 is 14.3 Å². The summed E-state index contributed by atoms with van der Waals surface area (Å²) in [4.78, 5) is 25.7. The van der Waals surface area contributed by atoms with Crippen LogP contribution in [-0.4, -0.2) is 48.6 Å². The maximum Gasteiger partial charge on any atom is 0.247 e. The monoisotopic (exact) mass is 242 g/mol. The van der Waals surface area contributed by atoms with Gasteiger partial charge in [0.05, 0.1) is 0 Å². The van der Waals surface area contributed by atoms with Crippen molar-refractivity contribution in [2.75, 3.05) is 20.3 Å². The average molecular weight is 242 g/mol. The Morgan fingerprint density at radius 1 is 1.47 bits per heavy atom. The maximum absolute atomic E-state index is 12.3. The Morgan fingerprint density at radius 2 is 2.12 bits per heavy atom. The first kappa shape index (κ1) is 14.0. The summed E-state index contributed by atoms with van der Waals surface area (Å²) in [5.41, 5.74) is -0.811. The molecule has 98 valence electrons. The highest BCUT2D eigenvalue weighted by molar-refractivity contribution is 5.93. The van der Waals surface area contributed by atoms with Crippen LogP contribution in [0.5, 0.6) is 0 Å². The summed E-state index contributed by atoms with van der Waals surface area (Å²) in [6.07, 6.45) is 1.15. The highest BCUT2D eigenvalue weighted by Gasteiger charge is 2.39. The number of carbonyl (C=O) groups excluding carboxylic acids is 2. The van der Waals surface area contributed by atoms with E-state index in [0.717, 1.165) is 6.42 Å². The van der Waals surface area contributed by atoms with Gasteiger partial charge in [-0.2, -0.15) is 0 Å². The zero-order chi connectivity index (χ0) is 13.1. The first-order chi connectivity index (χ1) is 7.88. The molecule has 1 fully saturated rings. The van der Waals surface area contributed by atoms with Gasteiger partial charge in [0.15, 0.2) is 0 Å². The molecule has 0 aromatic rings. The zero-order valence-corrected chi connectivity index (χ0v) is 11.1. The molecule has 5 nitrogen and oxygen atoms in total. The third-order valence-electron chi connectivity index (χ3n) is 3.01. The summed E-state index contributed by atoms with van der Waals surface area (Å²) in [6.45, 7) is 6.65. The number of methoxy groups -OCH3 is 1. The first-order valence-electron chi connectivity index (χ1n) is 5.99. The topological polar surface area (TPSA) is 58.6 Å². The second kappa shape index (κ2) is 5.49. The molecular formula is C12H22N2O3. The van der Waals surface area contributed by atoms with Crippen molar-refractivity contribution in [1.82, 2.24) is 10.2 Å². The number of amides is 2. The highest BCUT2D eigenvalue weighted by atomic mass is 16.5. The van der Waals surface area contributed by atoms with Crippen LogP contribution in [0.3, 0.4) is 0 Å². The van der Waals surface area contributed by atoms with Crippen molar-refractivity contribution in [2.45, 2.75) is 45.2 Å². The molecule has 1 aliphatic rings. The van der Waals surface area contributed by atoms with Crippen LogP contribution in [0.4, 0.5) is 0 Å². The van der Waals surface area contributed by atoms with Gasteiger partial charge in [0, 0.05) is 32.7 Å². The summed E-state index contributed by atoms with van der Waals surface area (Å²) in [5.74, 6) is -0.0861. The number of nitrogens with one attached hydrogen (secondary N) is 1. The van der Waals surface area contributed by atoms with Crippen LogP contribution in [0.15, 0.2) is 0 Å². The van der Waals surface area contributed by atoms with E-state index in [2.05, 4.69) is 5.32 Å². The molecule has 1 heterocycles. The Balaban J connectivity index is 2.77. The van der Waals surface area contributed by atoms with Crippen LogP contribution in [0, 0.1) is 0 Å². The standard InChI is InChI=1S/C12H22N2O3/c1-9-8-10(15)13-12(2,3)11(16)14(9)6-5-7-17-4/h9H,5-8H2,1-4H3,(H,13,15). The fraction of sp³-hybridized carbons (Fsp3) is 0.833. The van der Waals surface area contributed by atoms with Gasteiger partial charge in [-0.05, 0) is 27.2 Å².